The fraction of sp³-hybridized carbons (Fsp3) is 0.200. The van der Waals surface area contributed by atoms with Crippen LogP contribution in [0.4, 0.5) is 20.6 Å². The first-order chi connectivity index (χ1) is 16.0. The van der Waals surface area contributed by atoms with E-state index >= 15 is 0 Å². The average molecular weight is 468 g/mol. The molecule has 0 bridgehead atoms. The van der Waals surface area contributed by atoms with Gasteiger partial charge in [-0.3, -0.25) is 9.69 Å². The monoisotopic (exact) mass is 467 g/mol. The van der Waals surface area contributed by atoms with E-state index < -0.39 is 5.82 Å². The zero-order valence-corrected chi connectivity index (χ0v) is 18.8. The van der Waals surface area contributed by atoms with E-state index in [1.54, 1.807) is 77.6 Å². The van der Waals surface area contributed by atoms with Gasteiger partial charge in [-0.1, -0.05) is 23.7 Å². The molecular formula is C25H23ClFN3O3. The van der Waals surface area contributed by atoms with Crippen LogP contribution in [0.15, 0.2) is 66.7 Å². The first-order valence-corrected chi connectivity index (χ1v) is 10.9. The number of hydrogen-bond donors (Lipinski definition) is 1. The van der Waals surface area contributed by atoms with Crippen LogP contribution in [0.5, 0.6) is 5.75 Å². The molecule has 6 nitrogen and oxygen atoms in total. The van der Waals surface area contributed by atoms with Gasteiger partial charge in [-0.2, -0.15) is 0 Å². The maximum Gasteiger partial charge on any atom is 0.324 e. The van der Waals surface area contributed by atoms with Crippen LogP contribution in [0.3, 0.4) is 0 Å². The smallest absolute Gasteiger partial charge is 0.324 e. The Balaban J connectivity index is 1.42. The van der Waals surface area contributed by atoms with Gasteiger partial charge in [0.2, 0.25) is 0 Å². The second kappa shape index (κ2) is 9.92. The molecule has 1 aliphatic heterocycles. The van der Waals surface area contributed by atoms with Gasteiger partial charge in [-0.05, 0) is 61.0 Å². The highest BCUT2D eigenvalue weighted by Crippen LogP contribution is 2.25. The van der Waals surface area contributed by atoms with Gasteiger partial charge in [0.1, 0.15) is 11.6 Å². The zero-order chi connectivity index (χ0) is 23.4. The number of carbonyl (C=O) groups is 2. The van der Waals surface area contributed by atoms with Crippen molar-refractivity contribution in [2.24, 2.45) is 0 Å². The molecule has 33 heavy (non-hydrogen) atoms. The Morgan fingerprint density at radius 1 is 1.06 bits per heavy atom. The van der Waals surface area contributed by atoms with Gasteiger partial charge in [0.15, 0.2) is 0 Å². The van der Waals surface area contributed by atoms with E-state index in [0.717, 1.165) is 6.42 Å². The van der Waals surface area contributed by atoms with Crippen molar-refractivity contribution in [1.82, 2.24) is 4.90 Å². The molecule has 1 N–H and O–H groups in total. The summed E-state index contributed by atoms with van der Waals surface area (Å²) in [5.41, 5.74) is 2.21. The number of hydrogen-bond acceptors (Lipinski definition) is 3. The summed E-state index contributed by atoms with van der Waals surface area (Å²) in [6, 6.07) is 18.5. The van der Waals surface area contributed by atoms with Crippen LogP contribution in [0, 0.1) is 5.82 Å². The van der Waals surface area contributed by atoms with Crippen molar-refractivity contribution in [2.45, 2.75) is 13.0 Å². The second-order valence-electron chi connectivity index (χ2n) is 7.65. The van der Waals surface area contributed by atoms with E-state index in [1.807, 2.05) is 0 Å². The summed E-state index contributed by atoms with van der Waals surface area (Å²) in [5, 5.41) is 2.88. The number of ether oxygens (including phenoxy) is 1. The highest BCUT2D eigenvalue weighted by atomic mass is 35.5. The van der Waals surface area contributed by atoms with Crippen molar-refractivity contribution in [2.75, 3.05) is 30.4 Å². The third kappa shape index (κ3) is 5.09. The molecule has 0 atom stereocenters. The lowest BCUT2D eigenvalue weighted by Gasteiger charge is -2.35. The lowest BCUT2D eigenvalue weighted by Crippen LogP contribution is -2.49. The number of urea groups is 1. The van der Waals surface area contributed by atoms with Gasteiger partial charge in [0.25, 0.3) is 5.91 Å². The molecule has 3 amide bonds. The topological polar surface area (TPSA) is 61.9 Å². The lowest BCUT2D eigenvalue weighted by atomic mass is 10.1. The minimum absolute atomic E-state index is 0.0427. The maximum absolute atomic E-state index is 14.3. The summed E-state index contributed by atoms with van der Waals surface area (Å²) in [5.74, 6) is -0.0653. The molecule has 0 aliphatic carbocycles. The fourth-order valence-corrected chi connectivity index (χ4v) is 3.91. The predicted octanol–water partition coefficient (Wildman–Crippen LogP) is 5.57. The number of nitrogens with one attached hydrogen (secondary N) is 1. The molecule has 0 aromatic heterocycles. The van der Waals surface area contributed by atoms with Crippen LogP contribution in [0.25, 0.3) is 0 Å². The van der Waals surface area contributed by atoms with Gasteiger partial charge in [0, 0.05) is 35.6 Å². The largest absolute Gasteiger partial charge is 0.497 e. The first-order valence-electron chi connectivity index (χ1n) is 10.5. The lowest BCUT2D eigenvalue weighted by molar-refractivity contribution is 0.102. The quantitative estimate of drug-likeness (QED) is 0.515. The third-order valence-corrected chi connectivity index (χ3v) is 5.78. The van der Waals surface area contributed by atoms with Crippen molar-refractivity contribution < 1.29 is 18.7 Å². The van der Waals surface area contributed by atoms with Crippen LogP contribution in [0.2, 0.25) is 5.02 Å². The summed E-state index contributed by atoms with van der Waals surface area (Å²) in [6.45, 7) is 1.25. The van der Waals surface area contributed by atoms with Crippen LogP contribution < -0.4 is 15.0 Å². The molecule has 170 valence electrons. The summed E-state index contributed by atoms with van der Waals surface area (Å²) < 4.78 is 19.4. The number of halogens is 2. The van der Waals surface area contributed by atoms with Crippen molar-refractivity contribution in [3.05, 3.63) is 88.7 Å². The predicted molar refractivity (Wildman–Crippen MR) is 127 cm³/mol. The standard InChI is InChI=1S/C25H23ClFN3O3/c1-33-21-12-6-17(7-13-21)24(31)28-19-8-10-20(11-9-19)30-15-3-14-29(25(30)32)16-18-4-2-5-22(26)23(18)27/h2,4-13H,3,14-16H2,1H3,(H,28,31). The highest BCUT2D eigenvalue weighted by molar-refractivity contribution is 6.30. The van der Waals surface area contributed by atoms with Crippen molar-refractivity contribution in [1.29, 1.82) is 0 Å². The SMILES string of the molecule is COc1ccc(C(=O)Nc2ccc(N3CCCN(Cc4cccc(Cl)c4F)C3=O)cc2)cc1. The molecule has 1 aliphatic rings. The molecule has 0 radical (unpaired) electrons. The summed E-state index contributed by atoms with van der Waals surface area (Å²) in [4.78, 5) is 28.8. The Bertz CT molecular complexity index is 1150. The molecule has 3 aromatic carbocycles. The molecule has 1 fully saturated rings. The van der Waals surface area contributed by atoms with E-state index in [2.05, 4.69) is 5.32 Å². The summed E-state index contributed by atoms with van der Waals surface area (Å²) in [6.07, 6.45) is 0.754. The molecule has 1 heterocycles. The highest BCUT2D eigenvalue weighted by Gasteiger charge is 2.27. The van der Waals surface area contributed by atoms with E-state index in [-0.39, 0.29) is 23.5 Å². The number of benzene rings is 3. The molecule has 1 saturated heterocycles. The molecule has 0 saturated carbocycles. The number of anilines is 2. The summed E-state index contributed by atoms with van der Waals surface area (Å²) in [7, 11) is 1.57. The van der Waals surface area contributed by atoms with Gasteiger partial charge < -0.3 is 15.0 Å². The van der Waals surface area contributed by atoms with Crippen LogP contribution in [0.1, 0.15) is 22.3 Å². The second-order valence-corrected chi connectivity index (χ2v) is 8.06. The average Bonchev–Trinajstić information content (AvgIpc) is 2.84. The van der Waals surface area contributed by atoms with Gasteiger partial charge >= 0.3 is 6.03 Å². The number of amides is 3. The van der Waals surface area contributed by atoms with Crippen LogP contribution in [-0.2, 0) is 6.54 Å². The van der Waals surface area contributed by atoms with Gasteiger partial charge in [-0.25, -0.2) is 9.18 Å². The molecule has 3 aromatic rings. The van der Waals surface area contributed by atoms with Crippen molar-refractivity contribution in [3.8, 4) is 5.75 Å². The van der Waals surface area contributed by atoms with Crippen molar-refractivity contribution in [3.63, 3.8) is 0 Å². The Kier molecular flexibility index (Phi) is 6.79. The van der Waals surface area contributed by atoms with E-state index in [0.29, 0.717) is 41.3 Å². The van der Waals surface area contributed by atoms with Crippen LogP contribution >= 0.6 is 11.6 Å². The Morgan fingerprint density at radius 3 is 2.48 bits per heavy atom. The maximum atomic E-state index is 14.3. The van der Waals surface area contributed by atoms with E-state index in [1.165, 1.54) is 6.07 Å². The van der Waals surface area contributed by atoms with Gasteiger partial charge in [-0.15, -0.1) is 0 Å². The van der Waals surface area contributed by atoms with Crippen molar-refractivity contribution >= 4 is 34.9 Å². The zero-order valence-electron chi connectivity index (χ0n) is 18.1. The minimum Gasteiger partial charge on any atom is -0.497 e. The van der Waals surface area contributed by atoms with Gasteiger partial charge in [0.05, 0.1) is 18.7 Å². The summed E-state index contributed by atoms with van der Waals surface area (Å²) >= 11 is 5.87. The number of nitrogens with zero attached hydrogens (tertiary/aromatic N) is 2. The van der Waals surface area contributed by atoms with Crippen LogP contribution in [-0.4, -0.2) is 37.0 Å². The van der Waals surface area contributed by atoms with E-state index in [4.69, 9.17) is 16.3 Å². The Morgan fingerprint density at radius 2 is 1.79 bits per heavy atom. The number of rotatable bonds is 6. The molecular weight excluding hydrogens is 445 g/mol. The third-order valence-electron chi connectivity index (χ3n) is 5.49. The molecule has 4 rings (SSSR count). The van der Waals surface area contributed by atoms with E-state index in [9.17, 15) is 14.0 Å². The first kappa shape index (κ1) is 22.6. The normalized spacial score (nSPS) is 13.7. The fourth-order valence-electron chi connectivity index (χ4n) is 3.71. The Hall–Kier alpha value is -3.58. The number of carbonyl (C=O) groups excluding carboxylic acids is 2. The molecule has 0 unspecified atom stereocenters. The minimum atomic E-state index is -0.499. The number of methoxy groups -OCH3 is 1. The molecule has 8 heteroatoms. The molecule has 0 spiro atoms. The Labute approximate surface area is 196 Å².